The topological polar surface area (TPSA) is 94.6 Å². The molecule has 1 atom stereocenters. The Bertz CT molecular complexity index is 680. The van der Waals surface area contributed by atoms with Crippen LogP contribution in [0.1, 0.15) is 18.7 Å². The van der Waals surface area contributed by atoms with Gasteiger partial charge in [0.25, 0.3) is 0 Å². The normalized spacial score (nSPS) is 13.1. The number of rotatable bonds is 5. The Kier molecular flexibility index (Phi) is 4.01. The minimum Gasteiger partial charge on any atom is -0.495 e. The smallest absolute Gasteiger partial charge is 0.244 e. The number of nitrogen functional groups attached to an aromatic ring is 1. The highest BCUT2D eigenvalue weighted by Gasteiger charge is 2.23. The van der Waals surface area contributed by atoms with Crippen molar-refractivity contribution in [2.45, 2.75) is 17.9 Å². The molecule has 1 aromatic carbocycles. The van der Waals surface area contributed by atoms with Crippen LogP contribution in [-0.4, -0.2) is 15.5 Å². The fourth-order valence-electron chi connectivity index (χ4n) is 1.80. The second kappa shape index (κ2) is 5.56. The van der Waals surface area contributed by atoms with Crippen molar-refractivity contribution in [3.8, 4) is 5.75 Å². The van der Waals surface area contributed by atoms with Gasteiger partial charge in [-0.1, -0.05) is 0 Å². The molecular formula is C13H16N2O4S. The first-order valence-electron chi connectivity index (χ1n) is 5.93. The van der Waals surface area contributed by atoms with Gasteiger partial charge in [0, 0.05) is 5.69 Å². The molecule has 0 amide bonds. The van der Waals surface area contributed by atoms with Gasteiger partial charge in [-0.15, -0.1) is 0 Å². The van der Waals surface area contributed by atoms with E-state index in [1.807, 2.05) is 0 Å². The predicted octanol–water partition coefficient (Wildman–Crippen LogP) is 1.91. The molecule has 6 nitrogen and oxygen atoms in total. The van der Waals surface area contributed by atoms with Crippen LogP contribution in [0.2, 0.25) is 0 Å². The SMILES string of the molecule is COc1ccc(N)cc1S(=O)(=O)NC(C)c1ccco1. The van der Waals surface area contributed by atoms with Gasteiger partial charge in [-0.25, -0.2) is 13.1 Å². The van der Waals surface area contributed by atoms with Gasteiger partial charge in [0.2, 0.25) is 10.0 Å². The second-order valence-corrected chi connectivity index (χ2v) is 5.95. The Morgan fingerprint density at radius 1 is 1.35 bits per heavy atom. The van der Waals surface area contributed by atoms with Gasteiger partial charge in [-0.2, -0.15) is 0 Å². The van der Waals surface area contributed by atoms with E-state index in [4.69, 9.17) is 14.9 Å². The van der Waals surface area contributed by atoms with Gasteiger partial charge in [0.1, 0.15) is 16.4 Å². The number of hydrogen-bond acceptors (Lipinski definition) is 5. The molecule has 0 saturated carbocycles. The summed E-state index contributed by atoms with van der Waals surface area (Å²) in [6, 6.07) is 7.34. The van der Waals surface area contributed by atoms with Crippen molar-refractivity contribution in [3.63, 3.8) is 0 Å². The third-order valence-corrected chi connectivity index (χ3v) is 4.34. The summed E-state index contributed by atoms with van der Waals surface area (Å²) in [6.07, 6.45) is 1.49. The maximum Gasteiger partial charge on any atom is 0.244 e. The molecule has 20 heavy (non-hydrogen) atoms. The van der Waals surface area contributed by atoms with E-state index in [2.05, 4.69) is 4.72 Å². The summed E-state index contributed by atoms with van der Waals surface area (Å²) in [5, 5.41) is 0. The molecule has 0 radical (unpaired) electrons. The molecule has 0 aliphatic heterocycles. The summed E-state index contributed by atoms with van der Waals surface area (Å²) in [5.74, 6) is 0.759. The van der Waals surface area contributed by atoms with Crippen LogP contribution in [-0.2, 0) is 10.0 Å². The maximum absolute atomic E-state index is 12.4. The number of hydrogen-bond donors (Lipinski definition) is 2. The molecule has 7 heteroatoms. The Balaban J connectivity index is 2.33. The van der Waals surface area contributed by atoms with Crippen LogP contribution in [0.5, 0.6) is 5.75 Å². The summed E-state index contributed by atoms with van der Waals surface area (Å²) in [7, 11) is -2.36. The first-order chi connectivity index (χ1) is 9.44. The number of furan rings is 1. The summed E-state index contributed by atoms with van der Waals surface area (Å²) < 4.78 is 37.5. The first-order valence-corrected chi connectivity index (χ1v) is 7.41. The van der Waals surface area contributed by atoms with Crippen LogP contribution < -0.4 is 15.2 Å². The first kappa shape index (κ1) is 14.4. The van der Waals surface area contributed by atoms with Gasteiger partial charge in [-0.05, 0) is 37.3 Å². The predicted molar refractivity (Wildman–Crippen MR) is 74.9 cm³/mol. The Labute approximate surface area is 117 Å². The van der Waals surface area contributed by atoms with E-state index in [1.54, 1.807) is 25.1 Å². The van der Waals surface area contributed by atoms with Gasteiger partial charge in [0.15, 0.2) is 0 Å². The van der Waals surface area contributed by atoms with Crippen LogP contribution in [0.25, 0.3) is 0 Å². The lowest BCUT2D eigenvalue weighted by molar-refractivity contribution is 0.401. The largest absolute Gasteiger partial charge is 0.495 e. The zero-order valence-corrected chi connectivity index (χ0v) is 12.0. The number of nitrogens with two attached hydrogens (primary N) is 1. The number of anilines is 1. The molecule has 0 spiro atoms. The molecule has 3 N–H and O–H groups in total. The highest BCUT2D eigenvalue weighted by atomic mass is 32.2. The van der Waals surface area contributed by atoms with Gasteiger partial charge in [-0.3, -0.25) is 0 Å². The van der Waals surface area contributed by atoms with E-state index in [1.165, 1.54) is 25.5 Å². The van der Waals surface area contributed by atoms with Crippen molar-refractivity contribution in [1.29, 1.82) is 0 Å². The molecule has 1 unspecified atom stereocenters. The maximum atomic E-state index is 12.4. The third-order valence-electron chi connectivity index (χ3n) is 2.78. The molecule has 0 aliphatic carbocycles. The molecule has 0 bridgehead atoms. The van der Waals surface area contributed by atoms with Crippen molar-refractivity contribution >= 4 is 15.7 Å². The minimum atomic E-state index is -3.77. The monoisotopic (exact) mass is 296 g/mol. The van der Waals surface area contributed by atoms with E-state index in [0.29, 0.717) is 11.4 Å². The van der Waals surface area contributed by atoms with Crippen molar-refractivity contribution in [2.75, 3.05) is 12.8 Å². The lowest BCUT2D eigenvalue weighted by Gasteiger charge is -2.14. The highest BCUT2D eigenvalue weighted by molar-refractivity contribution is 7.89. The molecule has 108 valence electrons. The van der Waals surface area contributed by atoms with E-state index in [-0.39, 0.29) is 10.6 Å². The average Bonchev–Trinajstić information content (AvgIpc) is 2.92. The second-order valence-electron chi connectivity index (χ2n) is 4.27. The zero-order chi connectivity index (χ0) is 14.8. The highest BCUT2D eigenvalue weighted by Crippen LogP contribution is 2.27. The van der Waals surface area contributed by atoms with Crippen molar-refractivity contribution in [2.24, 2.45) is 0 Å². The Hall–Kier alpha value is -1.99. The van der Waals surface area contributed by atoms with Gasteiger partial charge in [0.05, 0.1) is 19.4 Å². The number of ether oxygens (including phenoxy) is 1. The van der Waals surface area contributed by atoms with E-state index in [0.717, 1.165) is 0 Å². The van der Waals surface area contributed by atoms with Crippen LogP contribution in [0.15, 0.2) is 45.9 Å². The van der Waals surface area contributed by atoms with Gasteiger partial charge < -0.3 is 14.9 Å². The van der Waals surface area contributed by atoms with E-state index >= 15 is 0 Å². The summed E-state index contributed by atoms with van der Waals surface area (Å²) in [5.41, 5.74) is 5.98. The zero-order valence-electron chi connectivity index (χ0n) is 11.2. The summed E-state index contributed by atoms with van der Waals surface area (Å²) in [6.45, 7) is 1.69. The molecule has 2 rings (SSSR count). The summed E-state index contributed by atoms with van der Waals surface area (Å²) >= 11 is 0. The van der Waals surface area contributed by atoms with E-state index < -0.39 is 16.1 Å². The number of methoxy groups -OCH3 is 1. The molecule has 1 heterocycles. The van der Waals surface area contributed by atoms with Crippen LogP contribution in [0, 0.1) is 0 Å². The molecule has 1 aromatic heterocycles. The standard InChI is InChI=1S/C13H16N2O4S/c1-9(11-4-3-7-19-11)15-20(16,17)13-8-10(14)5-6-12(13)18-2/h3-9,15H,14H2,1-2H3. The van der Waals surface area contributed by atoms with Crippen molar-refractivity contribution in [1.82, 2.24) is 4.72 Å². The molecule has 0 fully saturated rings. The van der Waals surface area contributed by atoms with Gasteiger partial charge >= 0.3 is 0 Å². The fraction of sp³-hybridized carbons (Fsp3) is 0.231. The third kappa shape index (κ3) is 2.94. The fourth-order valence-corrected chi connectivity index (χ4v) is 3.21. The number of nitrogens with one attached hydrogen (secondary N) is 1. The van der Waals surface area contributed by atoms with Crippen molar-refractivity contribution in [3.05, 3.63) is 42.4 Å². The Morgan fingerprint density at radius 2 is 2.10 bits per heavy atom. The molecular weight excluding hydrogens is 280 g/mol. The minimum absolute atomic E-state index is 0.00148. The number of sulfonamides is 1. The summed E-state index contributed by atoms with van der Waals surface area (Å²) in [4.78, 5) is -0.00148. The number of benzene rings is 1. The quantitative estimate of drug-likeness (QED) is 0.822. The van der Waals surface area contributed by atoms with Crippen LogP contribution in [0.3, 0.4) is 0 Å². The lowest BCUT2D eigenvalue weighted by Crippen LogP contribution is -2.27. The average molecular weight is 296 g/mol. The van der Waals surface area contributed by atoms with E-state index in [9.17, 15) is 8.42 Å². The van der Waals surface area contributed by atoms with Crippen LogP contribution in [0.4, 0.5) is 5.69 Å². The lowest BCUT2D eigenvalue weighted by atomic mass is 10.3. The Morgan fingerprint density at radius 3 is 2.70 bits per heavy atom. The molecule has 0 saturated heterocycles. The van der Waals surface area contributed by atoms with Crippen molar-refractivity contribution < 1.29 is 17.6 Å². The molecule has 0 aliphatic rings. The molecule has 2 aromatic rings. The van der Waals surface area contributed by atoms with Crippen LogP contribution >= 0.6 is 0 Å².